The van der Waals surface area contributed by atoms with Crippen molar-refractivity contribution >= 4 is 39.9 Å². The van der Waals surface area contributed by atoms with Crippen LogP contribution in [0, 0.1) is 0 Å². The van der Waals surface area contributed by atoms with Crippen LogP contribution in [-0.2, 0) is 0 Å². The highest BCUT2D eigenvalue weighted by Crippen LogP contribution is 2.38. The standard InChI is InChI=1S/C12H15ClIN/c1-8-3-6-12(14)15(2)11-5-4-9(13)7-10(8)11/h4-5,7-8,12H,3,6H2,1-2H3. The lowest BCUT2D eigenvalue weighted by atomic mass is 9.96. The molecule has 82 valence electrons. The summed E-state index contributed by atoms with van der Waals surface area (Å²) in [4.78, 5) is 2.36. The van der Waals surface area contributed by atoms with Crippen molar-refractivity contribution < 1.29 is 0 Å². The zero-order chi connectivity index (χ0) is 11.0. The molecule has 0 radical (unpaired) electrons. The highest BCUT2D eigenvalue weighted by Gasteiger charge is 2.23. The molecule has 0 spiro atoms. The van der Waals surface area contributed by atoms with Crippen LogP contribution in [0.2, 0.25) is 5.02 Å². The van der Waals surface area contributed by atoms with Crippen molar-refractivity contribution in [3.05, 3.63) is 28.8 Å². The summed E-state index contributed by atoms with van der Waals surface area (Å²) in [6, 6.07) is 6.25. The molecular weight excluding hydrogens is 320 g/mol. The van der Waals surface area contributed by atoms with Gasteiger partial charge in [0.2, 0.25) is 0 Å². The molecule has 2 rings (SSSR count). The van der Waals surface area contributed by atoms with Crippen molar-refractivity contribution in [3.8, 4) is 0 Å². The minimum atomic E-state index is 0.590. The van der Waals surface area contributed by atoms with Gasteiger partial charge in [-0.25, -0.2) is 0 Å². The van der Waals surface area contributed by atoms with E-state index < -0.39 is 0 Å². The van der Waals surface area contributed by atoms with Gasteiger partial charge in [-0.15, -0.1) is 0 Å². The number of hydrogen-bond acceptors (Lipinski definition) is 1. The molecule has 1 heterocycles. The second-order valence-corrected chi connectivity index (χ2v) is 6.10. The van der Waals surface area contributed by atoms with Crippen molar-refractivity contribution in [2.75, 3.05) is 11.9 Å². The SMILES string of the molecule is CC1CCC(I)N(C)c2ccc(Cl)cc21. The van der Waals surface area contributed by atoms with E-state index in [2.05, 4.69) is 53.6 Å². The molecule has 1 aliphatic heterocycles. The molecule has 0 bridgehead atoms. The van der Waals surface area contributed by atoms with Gasteiger partial charge in [-0.05, 0) is 42.5 Å². The molecule has 2 unspecified atom stereocenters. The molecule has 0 saturated carbocycles. The monoisotopic (exact) mass is 335 g/mol. The molecule has 0 saturated heterocycles. The molecule has 3 heteroatoms. The lowest BCUT2D eigenvalue weighted by Crippen LogP contribution is -2.25. The molecule has 0 N–H and O–H groups in total. The van der Waals surface area contributed by atoms with E-state index in [1.165, 1.54) is 24.1 Å². The number of halogens is 2. The van der Waals surface area contributed by atoms with E-state index >= 15 is 0 Å². The van der Waals surface area contributed by atoms with Crippen LogP contribution in [0.3, 0.4) is 0 Å². The third-order valence-corrected chi connectivity index (χ3v) is 4.85. The highest BCUT2D eigenvalue weighted by molar-refractivity contribution is 14.1. The number of fused-ring (bicyclic) bond motifs is 1. The second kappa shape index (κ2) is 4.50. The Bertz CT molecular complexity index is 367. The van der Waals surface area contributed by atoms with E-state index in [1.807, 2.05) is 6.07 Å². The molecule has 2 atom stereocenters. The van der Waals surface area contributed by atoms with Gasteiger partial charge in [0.1, 0.15) is 0 Å². The van der Waals surface area contributed by atoms with Crippen molar-refractivity contribution in [1.82, 2.24) is 0 Å². The van der Waals surface area contributed by atoms with Gasteiger partial charge in [0.15, 0.2) is 0 Å². The quantitative estimate of drug-likeness (QED) is 0.385. The summed E-state index contributed by atoms with van der Waals surface area (Å²) in [5.74, 6) is 0.612. The van der Waals surface area contributed by atoms with Gasteiger partial charge in [0.25, 0.3) is 0 Å². The fraction of sp³-hybridized carbons (Fsp3) is 0.500. The molecule has 0 amide bonds. The predicted molar refractivity (Wildman–Crippen MR) is 75.3 cm³/mol. The third-order valence-electron chi connectivity index (χ3n) is 3.16. The Morgan fingerprint density at radius 1 is 1.40 bits per heavy atom. The van der Waals surface area contributed by atoms with E-state index in [9.17, 15) is 0 Å². The number of rotatable bonds is 0. The van der Waals surface area contributed by atoms with Crippen LogP contribution in [-0.4, -0.2) is 11.1 Å². The van der Waals surface area contributed by atoms with Crippen LogP contribution >= 0.6 is 34.2 Å². The summed E-state index contributed by atoms with van der Waals surface area (Å²) >= 11 is 8.57. The van der Waals surface area contributed by atoms with E-state index in [0.29, 0.717) is 9.97 Å². The van der Waals surface area contributed by atoms with Crippen LogP contribution in [0.15, 0.2) is 18.2 Å². The van der Waals surface area contributed by atoms with Crippen LogP contribution in [0.25, 0.3) is 0 Å². The Balaban J connectivity index is 2.50. The summed E-state index contributed by atoms with van der Waals surface area (Å²) in [5.41, 5.74) is 2.73. The normalized spacial score (nSPS) is 26.0. The number of hydrogen-bond donors (Lipinski definition) is 0. The highest BCUT2D eigenvalue weighted by atomic mass is 127. The first kappa shape index (κ1) is 11.5. The third kappa shape index (κ3) is 2.26. The molecule has 0 fully saturated rings. The lowest BCUT2D eigenvalue weighted by Gasteiger charge is -2.25. The van der Waals surface area contributed by atoms with Gasteiger partial charge in [0, 0.05) is 17.8 Å². The predicted octanol–water partition coefficient (Wildman–Crippen LogP) is 4.43. The fourth-order valence-electron chi connectivity index (χ4n) is 2.13. The van der Waals surface area contributed by atoms with Crippen LogP contribution < -0.4 is 4.90 Å². The summed E-state index contributed by atoms with van der Waals surface area (Å²) in [6.45, 7) is 2.29. The Hall–Kier alpha value is 0.0400. The Kier molecular flexibility index (Phi) is 3.45. The molecule has 15 heavy (non-hydrogen) atoms. The second-order valence-electron chi connectivity index (χ2n) is 4.23. The zero-order valence-electron chi connectivity index (χ0n) is 9.00. The summed E-state index contributed by atoms with van der Waals surface area (Å²) < 4.78 is 0.590. The molecule has 1 nitrogen and oxygen atoms in total. The van der Waals surface area contributed by atoms with Gasteiger partial charge in [-0.2, -0.15) is 0 Å². The fourth-order valence-corrected chi connectivity index (χ4v) is 2.97. The van der Waals surface area contributed by atoms with Crippen molar-refractivity contribution in [2.45, 2.75) is 29.7 Å². The van der Waals surface area contributed by atoms with Crippen LogP contribution in [0.1, 0.15) is 31.2 Å². The van der Waals surface area contributed by atoms with E-state index in [1.54, 1.807) is 0 Å². The molecule has 0 aromatic heterocycles. The summed E-state index contributed by atoms with van der Waals surface area (Å²) in [6.07, 6.45) is 2.48. The largest absolute Gasteiger partial charge is 0.362 e. The van der Waals surface area contributed by atoms with Gasteiger partial charge >= 0.3 is 0 Å². The molecule has 1 aromatic carbocycles. The zero-order valence-corrected chi connectivity index (χ0v) is 11.9. The molecule has 1 aromatic rings. The number of anilines is 1. The van der Waals surface area contributed by atoms with Gasteiger partial charge in [-0.1, -0.05) is 41.1 Å². The summed E-state index contributed by atoms with van der Waals surface area (Å²) in [5, 5.41) is 0.848. The Labute approximate surface area is 110 Å². The summed E-state index contributed by atoms with van der Waals surface area (Å²) in [7, 11) is 2.17. The maximum absolute atomic E-state index is 6.06. The van der Waals surface area contributed by atoms with Crippen molar-refractivity contribution in [1.29, 1.82) is 0 Å². The van der Waals surface area contributed by atoms with Crippen LogP contribution in [0.4, 0.5) is 5.69 Å². The van der Waals surface area contributed by atoms with Gasteiger partial charge in [0.05, 0.1) is 4.05 Å². The van der Waals surface area contributed by atoms with E-state index in [4.69, 9.17) is 11.6 Å². The maximum Gasteiger partial charge on any atom is 0.0806 e. The first-order valence-electron chi connectivity index (χ1n) is 5.26. The van der Waals surface area contributed by atoms with Crippen molar-refractivity contribution in [3.63, 3.8) is 0 Å². The number of nitrogens with zero attached hydrogens (tertiary/aromatic N) is 1. The Morgan fingerprint density at radius 3 is 2.87 bits per heavy atom. The minimum absolute atomic E-state index is 0.590. The molecule has 0 aliphatic carbocycles. The number of benzene rings is 1. The average molecular weight is 336 g/mol. The van der Waals surface area contributed by atoms with Gasteiger partial charge < -0.3 is 4.90 Å². The van der Waals surface area contributed by atoms with E-state index in [-0.39, 0.29) is 0 Å². The maximum atomic E-state index is 6.06. The number of alkyl halides is 1. The smallest absolute Gasteiger partial charge is 0.0806 e. The Morgan fingerprint density at radius 2 is 2.13 bits per heavy atom. The van der Waals surface area contributed by atoms with Gasteiger partial charge in [-0.3, -0.25) is 0 Å². The minimum Gasteiger partial charge on any atom is -0.362 e. The molecular formula is C12H15ClIN. The van der Waals surface area contributed by atoms with Crippen molar-refractivity contribution in [2.24, 2.45) is 0 Å². The van der Waals surface area contributed by atoms with E-state index in [0.717, 1.165) is 5.02 Å². The first-order valence-corrected chi connectivity index (χ1v) is 6.88. The molecule has 1 aliphatic rings. The van der Waals surface area contributed by atoms with Crippen LogP contribution in [0.5, 0.6) is 0 Å². The topological polar surface area (TPSA) is 3.24 Å². The average Bonchev–Trinajstić information content (AvgIpc) is 2.32. The lowest BCUT2D eigenvalue weighted by molar-refractivity contribution is 0.647. The first-order chi connectivity index (χ1) is 7.09.